The van der Waals surface area contributed by atoms with Gasteiger partial charge in [-0.1, -0.05) is 19.3 Å². The summed E-state index contributed by atoms with van der Waals surface area (Å²) < 4.78 is 0. The molecule has 2 heteroatoms. The van der Waals surface area contributed by atoms with Crippen LogP contribution in [0.4, 0.5) is 0 Å². The van der Waals surface area contributed by atoms with Gasteiger partial charge < -0.3 is 0 Å². The first kappa shape index (κ1) is 10.2. The van der Waals surface area contributed by atoms with E-state index in [1.165, 1.54) is 25.7 Å². The number of hydrogen-bond donors (Lipinski definition) is 0. The number of nitrogens with zero attached hydrogens (tertiary/aromatic N) is 1. The summed E-state index contributed by atoms with van der Waals surface area (Å²) in [5.74, 6) is 0.944. The Bertz CT molecular complexity index is 208. The molecule has 14 heavy (non-hydrogen) atoms. The summed E-state index contributed by atoms with van der Waals surface area (Å²) in [5, 5.41) is 0. The molecule has 2 aliphatic rings. The lowest BCUT2D eigenvalue weighted by Crippen LogP contribution is -2.37. The van der Waals surface area contributed by atoms with E-state index in [1.807, 2.05) is 0 Å². The van der Waals surface area contributed by atoms with Crippen molar-refractivity contribution in [2.24, 2.45) is 5.92 Å². The molecule has 0 aromatic rings. The first-order chi connectivity index (χ1) is 6.79. The van der Waals surface area contributed by atoms with Crippen LogP contribution in [0.5, 0.6) is 0 Å². The third kappa shape index (κ3) is 2.00. The average molecular weight is 195 g/mol. The molecule has 1 aliphatic carbocycles. The lowest BCUT2D eigenvalue weighted by atomic mass is 9.83. The fourth-order valence-electron chi connectivity index (χ4n) is 2.93. The summed E-state index contributed by atoms with van der Waals surface area (Å²) in [4.78, 5) is 14.4. The molecule has 2 nitrogen and oxygen atoms in total. The van der Waals surface area contributed by atoms with Gasteiger partial charge in [-0.2, -0.15) is 0 Å². The van der Waals surface area contributed by atoms with Gasteiger partial charge in [-0.3, -0.25) is 9.69 Å². The highest BCUT2D eigenvalue weighted by atomic mass is 16.1. The standard InChI is InChI=1S/C12H21NO/c1-13-9-5-8-11(13)12(14)10-6-3-2-4-7-10/h10-11H,2-9H2,1H3. The number of likely N-dealkylation sites (tertiary alicyclic amines) is 1. The van der Waals surface area contributed by atoms with E-state index in [1.54, 1.807) is 0 Å². The molecule has 1 unspecified atom stereocenters. The largest absolute Gasteiger partial charge is 0.298 e. The fraction of sp³-hybridized carbons (Fsp3) is 0.917. The van der Waals surface area contributed by atoms with Crippen molar-refractivity contribution in [3.05, 3.63) is 0 Å². The lowest BCUT2D eigenvalue weighted by Gasteiger charge is -2.26. The molecule has 80 valence electrons. The topological polar surface area (TPSA) is 20.3 Å². The smallest absolute Gasteiger partial charge is 0.153 e. The molecule has 1 saturated heterocycles. The predicted octanol–water partition coefficient (Wildman–Crippen LogP) is 2.23. The molecule has 1 aliphatic heterocycles. The second kappa shape index (κ2) is 4.43. The molecule has 0 N–H and O–H groups in total. The van der Waals surface area contributed by atoms with E-state index in [-0.39, 0.29) is 6.04 Å². The zero-order chi connectivity index (χ0) is 9.97. The molecule has 1 saturated carbocycles. The fourth-order valence-corrected chi connectivity index (χ4v) is 2.93. The molecule has 0 spiro atoms. The van der Waals surface area contributed by atoms with Crippen LogP contribution in [-0.4, -0.2) is 30.3 Å². The minimum Gasteiger partial charge on any atom is -0.298 e. The molecule has 1 heterocycles. The van der Waals surface area contributed by atoms with E-state index in [9.17, 15) is 4.79 Å². The summed E-state index contributed by atoms with van der Waals surface area (Å²) in [6.07, 6.45) is 8.50. The van der Waals surface area contributed by atoms with Gasteiger partial charge in [0.2, 0.25) is 0 Å². The number of carbonyl (C=O) groups is 1. The van der Waals surface area contributed by atoms with E-state index >= 15 is 0 Å². The van der Waals surface area contributed by atoms with E-state index in [4.69, 9.17) is 0 Å². The van der Waals surface area contributed by atoms with Crippen molar-refractivity contribution in [2.75, 3.05) is 13.6 Å². The number of ketones is 1. The van der Waals surface area contributed by atoms with Crippen LogP contribution < -0.4 is 0 Å². The van der Waals surface area contributed by atoms with Crippen LogP contribution in [0.3, 0.4) is 0 Å². The SMILES string of the molecule is CN1CCCC1C(=O)C1CCCCC1. The highest BCUT2D eigenvalue weighted by Gasteiger charge is 2.32. The highest BCUT2D eigenvalue weighted by molar-refractivity contribution is 5.86. The quantitative estimate of drug-likeness (QED) is 0.673. The van der Waals surface area contributed by atoms with Crippen molar-refractivity contribution in [3.63, 3.8) is 0 Å². The van der Waals surface area contributed by atoms with Crippen LogP contribution in [0.2, 0.25) is 0 Å². The Balaban J connectivity index is 1.92. The molecule has 0 aromatic heterocycles. The Morgan fingerprint density at radius 1 is 1.07 bits per heavy atom. The normalized spacial score (nSPS) is 30.8. The molecular weight excluding hydrogens is 174 g/mol. The van der Waals surface area contributed by atoms with Gasteiger partial charge in [0.25, 0.3) is 0 Å². The monoisotopic (exact) mass is 195 g/mol. The van der Waals surface area contributed by atoms with Gasteiger partial charge in [-0.25, -0.2) is 0 Å². The Kier molecular flexibility index (Phi) is 3.22. The zero-order valence-electron chi connectivity index (χ0n) is 9.17. The first-order valence-corrected chi connectivity index (χ1v) is 6.03. The van der Waals surface area contributed by atoms with Gasteiger partial charge in [0.1, 0.15) is 0 Å². The van der Waals surface area contributed by atoms with Crippen molar-refractivity contribution in [3.8, 4) is 0 Å². The summed E-state index contributed by atoms with van der Waals surface area (Å²) in [6, 6.07) is 0.262. The van der Waals surface area contributed by atoms with Crippen LogP contribution in [0.1, 0.15) is 44.9 Å². The van der Waals surface area contributed by atoms with E-state index in [0.29, 0.717) is 11.7 Å². The summed E-state index contributed by atoms with van der Waals surface area (Å²) in [7, 11) is 2.10. The summed E-state index contributed by atoms with van der Waals surface area (Å²) in [5.41, 5.74) is 0. The van der Waals surface area contributed by atoms with Gasteiger partial charge in [0, 0.05) is 5.92 Å². The second-order valence-corrected chi connectivity index (χ2v) is 4.88. The van der Waals surface area contributed by atoms with Crippen molar-refractivity contribution in [2.45, 2.75) is 51.0 Å². The third-order valence-corrected chi connectivity index (χ3v) is 3.86. The lowest BCUT2D eigenvalue weighted by molar-refractivity contribution is -0.127. The van der Waals surface area contributed by atoms with E-state index in [2.05, 4.69) is 11.9 Å². The maximum absolute atomic E-state index is 12.2. The Morgan fingerprint density at radius 3 is 2.36 bits per heavy atom. The van der Waals surface area contributed by atoms with Crippen LogP contribution >= 0.6 is 0 Å². The molecule has 0 radical (unpaired) electrons. The number of carbonyl (C=O) groups excluding carboxylic acids is 1. The van der Waals surface area contributed by atoms with Gasteiger partial charge in [0.05, 0.1) is 6.04 Å². The summed E-state index contributed by atoms with van der Waals surface area (Å²) in [6.45, 7) is 1.11. The molecule has 2 rings (SSSR count). The van der Waals surface area contributed by atoms with Crippen LogP contribution in [0.15, 0.2) is 0 Å². The van der Waals surface area contributed by atoms with Gasteiger partial charge in [0.15, 0.2) is 5.78 Å². The highest BCUT2D eigenvalue weighted by Crippen LogP contribution is 2.28. The second-order valence-electron chi connectivity index (χ2n) is 4.88. The van der Waals surface area contributed by atoms with Gasteiger partial charge in [-0.05, 0) is 39.3 Å². The van der Waals surface area contributed by atoms with Crippen molar-refractivity contribution < 1.29 is 4.79 Å². The maximum atomic E-state index is 12.2. The van der Waals surface area contributed by atoms with Gasteiger partial charge in [-0.15, -0.1) is 0 Å². The molecule has 1 atom stereocenters. The Hall–Kier alpha value is -0.370. The minimum absolute atomic E-state index is 0.262. The van der Waals surface area contributed by atoms with E-state index < -0.39 is 0 Å². The molecule has 0 aromatic carbocycles. The maximum Gasteiger partial charge on any atom is 0.153 e. The number of likely N-dealkylation sites (N-methyl/N-ethyl adjacent to an activating group) is 1. The Morgan fingerprint density at radius 2 is 1.79 bits per heavy atom. The molecule has 0 amide bonds. The van der Waals surface area contributed by atoms with Crippen molar-refractivity contribution in [1.82, 2.24) is 4.90 Å². The van der Waals surface area contributed by atoms with Crippen LogP contribution in [0, 0.1) is 5.92 Å². The van der Waals surface area contributed by atoms with Crippen molar-refractivity contribution in [1.29, 1.82) is 0 Å². The third-order valence-electron chi connectivity index (χ3n) is 3.86. The Labute approximate surface area is 86.7 Å². The summed E-state index contributed by atoms with van der Waals surface area (Å²) >= 11 is 0. The number of Topliss-reactive ketones (excluding diaryl/α,β-unsaturated/α-hetero) is 1. The predicted molar refractivity (Wildman–Crippen MR) is 57.2 cm³/mol. The average Bonchev–Trinajstić information content (AvgIpc) is 2.65. The minimum atomic E-state index is 0.262. The van der Waals surface area contributed by atoms with Crippen LogP contribution in [-0.2, 0) is 4.79 Å². The molecule has 0 bridgehead atoms. The van der Waals surface area contributed by atoms with Crippen LogP contribution in [0.25, 0.3) is 0 Å². The molecular formula is C12H21NO. The number of hydrogen-bond acceptors (Lipinski definition) is 2. The first-order valence-electron chi connectivity index (χ1n) is 6.03. The zero-order valence-corrected chi connectivity index (χ0v) is 9.17. The van der Waals surface area contributed by atoms with E-state index in [0.717, 1.165) is 25.8 Å². The van der Waals surface area contributed by atoms with Crippen molar-refractivity contribution >= 4 is 5.78 Å². The number of rotatable bonds is 2. The van der Waals surface area contributed by atoms with Gasteiger partial charge >= 0.3 is 0 Å². The molecule has 2 fully saturated rings.